The van der Waals surface area contributed by atoms with Crippen LogP contribution in [0.25, 0.3) is 0 Å². The average molecular weight is 365 g/mol. The summed E-state index contributed by atoms with van der Waals surface area (Å²) in [7, 11) is 3.18. The Balaban J connectivity index is 1.67. The third-order valence-corrected chi connectivity index (χ3v) is 4.50. The van der Waals surface area contributed by atoms with Gasteiger partial charge in [-0.25, -0.2) is 4.79 Å². The second-order valence-corrected chi connectivity index (χ2v) is 6.32. The predicted octanol–water partition coefficient (Wildman–Crippen LogP) is 2.06. The Morgan fingerprint density at radius 1 is 1.04 bits per heavy atom. The highest BCUT2D eigenvalue weighted by molar-refractivity contribution is 5.74. The minimum absolute atomic E-state index is 0.0428. The highest BCUT2D eigenvalue weighted by atomic mass is 16.5. The van der Waals surface area contributed by atoms with Crippen LogP contribution in [-0.2, 0) is 4.79 Å². The minimum Gasteiger partial charge on any atom is -0.497 e. The Morgan fingerprint density at radius 3 is 2.19 bits per heavy atom. The van der Waals surface area contributed by atoms with Crippen LogP contribution >= 0.6 is 0 Å². The fourth-order valence-electron chi connectivity index (χ4n) is 3.01. The Hall–Kier alpha value is -2.64. The van der Waals surface area contributed by atoms with Crippen molar-refractivity contribution in [3.8, 4) is 11.5 Å². The van der Waals surface area contributed by atoms with E-state index in [1.807, 2.05) is 12.1 Å². The van der Waals surface area contributed by atoms with Crippen LogP contribution in [0, 0.1) is 5.92 Å². The second kappa shape index (κ2) is 9.74. The molecule has 0 radical (unpaired) electrons. The molecule has 8 nitrogen and oxygen atoms in total. The molecule has 1 fully saturated rings. The van der Waals surface area contributed by atoms with Gasteiger partial charge in [-0.1, -0.05) is 0 Å². The van der Waals surface area contributed by atoms with Gasteiger partial charge in [0.15, 0.2) is 0 Å². The zero-order chi connectivity index (χ0) is 18.9. The van der Waals surface area contributed by atoms with Gasteiger partial charge in [-0.2, -0.15) is 0 Å². The van der Waals surface area contributed by atoms with E-state index in [9.17, 15) is 9.59 Å². The lowest BCUT2D eigenvalue weighted by molar-refractivity contribution is -0.142. The van der Waals surface area contributed by atoms with Crippen LogP contribution in [0.1, 0.15) is 25.7 Å². The van der Waals surface area contributed by atoms with Crippen LogP contribution in [0.3, 0.4) is 0 Å². The summed E-state index contributed by atoms with van der Waals surface area (Å²) in [5, 5.41) is 17.9. The molecule has 0 aromatic heterocycles. The van der Waals surface area contributed by atoms with Crippen molar-refractivity contribution >= 4 is 17.7 Å². The van der Waals surface area contributed by atoms with Crippen molar-refractivity contribution in [1.29, 1.82) is 0 Å². The Kier molecular flexibility index (Phi) is 7.37. The highest BCUT2D eigenvalue weighted by Gasteiger charge is 2.26. The molecule has 4 N–H and O–H groups in total. The Labute approximate surface area is 153 Å². The number of carboxylic acids is 1. The number of amides is 2. The minimum atomic E-state index is -0.742. The summed E-state index contributed by atoms with van der Waals surface area (Å²) < 4.78 is 10.4. The van der Waals surface area contributed by atoms with Crippen molar-refractivity contribution in [2.75, 3.05) is 32.6 Å². The normalized spacial score (nSPS) is 19.3. The van der Waals surface area contributed by atoms with Gasteiger partial charge in [0.25, 0.3) is 0 Å². The number of carbonyl (C=O) groups is 2. The van der Waals surface area contributed by atoms with Gasteiger partial charge in [-0.3, -0.25) is 4.79 Å². The average Bonchev–Trinajstić information content (AvgIpc) is 2.65. The Morgan fingerprint density at radius 2 is 1.65 bits per heavy atom. The van der Waals surface area contributed by atoms with E-state index in [1.165, 1.54) is 0 Å². The lowest BCUT2D eigenvalue weighted by Gasteiger charge is -2.26. The molecule has 0 heterocycles. The van der Waals surface area contributed by atoms with Crippen LogP contribution in [0.4, 0.5) is 10.5 Å². The molecular weight excluding hydrogens is 338 g/mol. The number of hydrogen-bond acceptors (Lipinski definition) is 5. The first-order chi connectivity index (χ1) is 12.5. The van der Waals surface area contributed by atoms with Gasteiger partial charge in [-0.15, -0.1) is 0 Å². The molecule has 1 saturated carbocycles. The van der Waals surface area contributed by atoms with E-state index < -0.39 is 5.97 Å². The molecule has 0 saturated heterocycles. The summed E-state index contributed by atoms with van der Waals surface area (Å²) in [5.41, 5.74) is 0.843. The number of ether oxygens (including phenoxy) is 2. The van der Waals surface area contributed by atoms with Crippen LogP contribution in [0.5, 0.6) is 11.5 Å². The number of anilines is 1. The number of carbonyl (C=O) groups excluding carboxylic acids is 1. The number of nitrogens with one attached hydrogen (secondary N) is 3. The van der Waals surface area contributed by atoms with Crippen LogP contribution < -0.4 is 25.4 Å². The van der Waals surface area contributed by atoms with Crippen molar-refractivity contribution < 1.29 is 24.2 Å². The summed E-state index contributed by atoms with van der Waals surface area (Å²) in [4.78, 5) is 22.9. The van der Waals surface area contributed by atoms with Crippen molar-refractivity contribution in [2.24, 2.45) is 5.92 Å². The molecule has 26 heavy (non-hydrogen) atoms. The molecule has 0 aliphatic heterocycles. The third kappa shape index (κ3) is 6.02. The molecule has 2 amide bonds. The largest absolute Gasteiger partial charge is 0.497 e. The summed E-state index contributed by atoms with van der Waals surface area (Å²) in [6, 6.07) is 5.30. The molecule has 1 aromatic rings. The van der Waals surface area contributed by atoms with E-state index in [-0.39, 0.29) is 18.0 Å². The first-order valence-electron chi connectivity index (χ1n) is 8.76. The van der Waals surface area contributed by atoms with Crippen molar-refractivity contribution in [3.63, 3.8) is 0 Å². The number of hydrogen-bond donors (Lipinski definition) is 4. The first kappa shape index (κ1) is 19.7. The molecule has 0 bridgehead atoms. The topological polar surface area (TPSA) is 109 Å². The van der Waals surface area contributed by atoms with E-state index in [1.54, 1.807) is 20.3 Å². The quantitative estimate of drug-likeness (QED) is 0.525. The fourth-order valence-corrected chi connectivity index (χ4v) is 3.01. The number of methoxy groups -OCH3 is 2. The van der Waals surface area contributed by atoms with Gasteiger partial charge in [0, 0.05) is 43.0 Å². The number of carboxylic acid groups (broad SMARTS) is 1. The lowest BCUT2D eigenvalue weighted by atomic mass is 9.86. The zero-order valence-corrected chi connectivity index (χ0v) is 15.2. The number of rotatable bonds is 8. The molecule has 8 heteroatoms. The molecule has 2 rings (SSSR count). The first-order valence-corrected chi connectivity index (χ1v) is 8.76. The van der Waals surface area contributed by atoms with E-state index >= 15 is 0 Å². The SMILES string of the molecule is COc1cc(NCCNC(=O)NC2CCC(C(=O)O)CC2)cc(OC)c1. The molecule has 0 unspecified atom stereocenters. The van der Waals surface area contributed by atoms with Gasteiger partial charge in [-0.05, 0) is 25.7 Å². The monoisotopic (exact) mass is 365 g/mol. The predicted molar refractivity (Wildman–Crippen MR) is 98.0 cm³/mol. The van der Waals surface area contributed by atoms with Crippen molar-refractivity contribution in [1.82, 2.24) is 10.6 Å². The standard InChI is InChI=1S/C18H27N3O5/c1-25-15-9-14(10-16(11-15)26-2)19-7-8-20-18(24)21-13-5-3-12(4-6-13)17(22)23/h9-13,19H,3-8H2,1-2H3,(H,22,23)(H2,20,21,24). The van der Waals surface area contributed by atoms with Gasteiger partial charge in [0.2, 0.25) is 0 Å². The number of benzene rings is 1. The van der Waals surface area contributed by atoms with Crippen LogP contribution in [0.15, 0.2) is 18.2 Å². The van der Waals surface area contributed by atoms with Gasteiger partial charge in [0.1, 0.15) is 11.5 Å². The molecule has 0 spiro atoms. The van der Waals surface area contributed by atoms with E-state index in [2.05, 4.69) is 16.0 Å². The zero-order valence-electron chi connectivity index (χ0n) is 15.2. The lowest BCUT2D eigenvalue weighted by Crippen LogP contribution is -2.45. The maximum absolute atomic E-state index is 11.9. The number of urea groups is 1. The molecular formula is C18H27N3O5. The van der Waals surface area contributed by atoms with Crippen molar-refractivity contribution in [3.05, 3.63) is 18.2 Å². The Bertz CT molecular complexity index is 593. The third-order valence-electron chi connectivity index (χ3n) is 4.50. The summed E-state index contributed by atoms with van der Waals surface area (Å²) >= 11 is 0. The molecule has 0 atom stereocenters. The van der Waals surface area contributed by atoms with Gasteiger partial charge in [0.05, 0.1) is 20.1 Å². The molecule has 1 aromatic carbocycles. The van der Waals surface area contributed by atoms with Gasteiger partial charge >= 0.3 is 12.0 Å². The molecule has 144 valence electrons. The summed E-state index contributed by atoms with van der Waals surface area (Å²) in [6.45, 7) is 1.01. The number of aliphatic carboxylic acids is 1. The highest BCUT2D eigenvalue weighted by Crippen LogP contribution is 2.26. The van der Waals surface area contributed by atoms with E-state index in [4.69, 9.17) is 14.6 Å². The smallest absolute Gasteiger partial charge is 0.315 e. The molecule has 1 aliphatic rings. The summed E-state index contributed by atoms with van der Waals surface area (Å²) in [5.74, 6) is 0.359. The van der Waals surface area contributed by atoms with Crippen molar-refractivity contribution in [2.45, 2.75) is 31.7 Å². The van der Waals surface area contributed by atoms with E-state index in [0.29, 0.717) is 50.3 Å². The van der Waals surface area contributed by atoms with Crippen LogP contribution in [-0.4, -0.2) is 50.5 Å². The summed E-state index contributed by atoms with van der Waals surface area (Å²) in [6.07, 6.45) is 2.62. The maximum atomic E-state index is 11.9. The van der Waals surface area contributed by atoms with Crippen LogP contribution in [0.2, 0.25) is 0 Å². The molecule has 1 aliphatic carbocycles. The fraction of sp³-hybridized carbons (Fsp3) is 0.556. The van der Waals surface area contributed by atoms with Gasteiger partial charge < -0.3 is 30.5 Å². The maximum Gasteiger partial charge on any atom is 0.315 e. The second-order valence-electron chi connectivity index (χ2n) is 6.32. The van der Waals surface area contributed by atoms with E-state index in [0.717, 1.165) is 5.69 Å².